The normalized spacial score (nSPS) is 22.7. The molecule has 0 aromatic heterocycles. The molecule has 0 aliphatic carbocycles. The van der Waals surface area contributed by atoms with E-state index in [1.165, 1.54) is 0 Å². The molecule has 0 saturated carbocycles. The van der Waals surface area contributed by atoms with Gasteiger partial charge in [-0.2, -0.15) is 0 Å². The summed E-state index contributed by atoms with van der Waals surface area (Å²) in [4.78, 5) is 26.7. The molecule has 2 N–H and O–H groups in total. The van der Waals surface area contributed by atoms with Crippen molar-refractivity contribution in [3.05, 3.63) is 0 Å². The number of urea groups is 1. The average molecular weight is 271 g/mol. The molecule has 110 valence electrons. The first kappa shape index (κ1) is 15.8. The van der Waals surface area contributed by atoms with Gasteiger partial charge in [-0.3, -0.25) is 4.79 Å². The van der Waals surface area contributed by atoms with Gasteiger partial charge < -0.3 is 20.2 Å². The number of carbonyl (C=O) groups is 2. The van der Waals surface area contributed by atoms with Gasteiger partial charge in [0.15, 0.2) is 0 Å². The SMILES string of the molecule is CC(CCC(=O)O)NC(=O)N1CCCN(C)CC1C. The fraction of sp³-hybridized carbons (Fsp3) is 0.846. The van der Waals surface area contributed by atoms with Crippen LogP contribution in [-0.4, -0.2) is 65.7 Å². The second-order valence-corrected chi connectivity index (χ2v) is 5.44. The predicted molar refractivity (Wildman–Crippen MR) is 73.1 cm³/mol. The van der Waals surface area contributed by atoms with E-state index in [-0.39, 0.29) is 24.5 Å². The molecule has 0 aromatic carbocycles. The molecule has 0 aromatic rings. The Morgan fingerprint density at radius 3 is 2.74 bits per heavy atom. The summed E-state index contributed by atoms with van der Waals surface area (Å²) in [5.41, 5.74) is 0. The lowest BCUT2D eigenvalue weighted by atomic mass is 10.2. The Hall–Kier alpha value is -1.30. The third-order valence-electron chi connectivity index (χ3n) is 3.47. The fourth-order valence-electron chi connectivity index (χ4n) is 2.38. The van der Waals surface area contributed by atoms with E-state index in [1.54, 1.807) is 0 Å². The van der Waals surface area contributed by atoms with Gasteiger partial charge in [-0.25, -0.2) is 4.79 Å². The predicted octanol–water partition coefficient (Wildman–Crippen LogP) is 0.975. The second kappa shape index (κ2) is 7.33. The molecule has 1 aliphatic rings. The van der Waals surface area contributed by atoms with Crippen LogP contribution in [0.2, 0.25) is 0 Å². The fourth-order valence-corrected chi connectivity index (χ4v) is 2.38. The maximum Gasteiger partial charge on any atom is 0.317 e. The standard InChI is InChI=1S/C13H25N3O3/c1-10(5-6-12(17)18)14-13(19)16-8-4-7-15(3)9-11(16)2/h10-11H,4-9H2,1-3H3,(H,14,19)(H,17,18). The Balaban J connectivity index is 2.45. The van der Waals surface area contributed by atoms with Crippen LogP contribution in [0.5, 0.6) is 0 Å². The number of nitrogens with one attached hydrogen (secondary N) is 1. The average Bonchev–Trinajstić information content (AvgIpc) is 2.47. The number of carbonyl (C=O) groups excluding carboxylic acids is 1. The zero-order valence-corrected chi connectivity index (χ0v) is 12.1. The molecule has 0 spiro atoms. The first-order valence-corrected chi connectivity index (χ1v) is 6.87. The van der Waals surface area contributed by atoms with Gasteiger partial charge >= 0.3 is 12.0 Å². The van der Waals surface area contributed by atoms with Crippen molar-refractivity contribution in [2.75, 3.05) is 26.7 Å². The molecule has 2 amide bonds. The minimum absolute atomic E-state index is 0.0827. The maximum atomic E-state index is 12.2. The number of amides is 2. The van der Waals surface area contributed by atoms with Crippen molar-refractivity contribution in [3.63, 3.8) is 0 Å². The Labute approximate surface area is 114 Å². The van der Waals surface area contributed by atoms with Crippen LogP contribution in [-0.2, 0) is 4.79 Å². The van der Waals surface area contributed by atoms with Crippen molar-refractivity contribution in [1.29, 1.82) is 0 Å². The molecule has 6 nitrogen and oxygen atoms in total. The summed E-state index contributed by atoms with van der Waals surface area (Å²) in [6, 6.07) is -0.0170. The van der Waals surface area contributed by atoms with E-state index >= 15 is 0 Å². The lowest BCUT2D eigenvalue weighted by Crippen LogP contribution is -2.49. The van der Waals surface area contributed by atoms with Gasteiger partial charge in [0.2, 0.25) is 0 Å². The number of hydrogen-bond acceptors (Lipinski definition) is 3. The van der Waals surface area contributed by atoms with Gasteiger partial charge in [-0.15, -0.1) is 0 Å². The zero-order valence-electron chi connectivity index (χ0n) is 12.1. The van der Waals surface area contributed by atoms with Gasteiger partial charge in [-0.1, -0.05) is 0 Å². The third-order valence-corrected chi connectivity index (χ3v) is 3.47. The van der Waals surface area contributed by atoms with Crippen LogP contribution < -0.4 is 5.32 Å². The highest BCUT2D eigenvalue weighted by atomic mass is 16.4. The van der Waals surface area contributed by atoms with Crippen molar-refractivity contribution >= 4 is 12.0 Å². The van der Waals surface area contributed by atoms with Crippen LogP contribution >= 0.6 is 0 Å². The van der Waals surface area contributed by atoms with Crippen LogP contribution in [0.4, 0.5) is 4.79 Å². The summed E-state index contributed by atoms with van der Waals surface area (Å²) in [6.07, 6.45) is 1.51. The minimum Gasteiger partial charge on any atom is -0.481 e. The van der Waals surface area contributed by atoms with E-state index < -0.39 is 5.97 Å². The van der Waals surface area contributed by atoms with Gasteiger partial charge in [-0.05, 0) is 40.3 Å². The van der Waals surface area contributed by atoms with Crippen LogP contribution in [0.15, 0.2) is 0 Å². The number of carboxylic acids is 1. The molecular formula is C13H25N3O3. The Bertz CT molecular complexity index is 322. The first-order chi connectivity index (χ1) is 8.90. The quantitative estimate of drug-likeness (QED) is 0.799. The summed E-state index contributed by atoms with van der Waals surface area (Å²) in [7, 11) is 2.06. The number of rotatable bonds is 4. The smallest absolute Gasteiger partial charge is 0.317 e. The van der Waals surface area contributed by atoms with Crippen LogP contribution in [0.3, 0.4) is 0 Å². The largest absolute Gasteiger partial charge is 0.481 e. The first-order valence-electron chi connectivity index (χ1n) is 6.87. The van der Waals surface area contributed by atoms with Crippen LogP contribution in [0, 0.1) is 0 Å². The number of likely N-dealkylation sites (N-methyl/N-ethyl adjacent to an activating group) is 1. The molecule has 6 heteroatoms. The molecule has 2 unspecified atom stereocenters. The number of nitrogens with zero attached hydrogens (tertiary/aromatic N) is 2. The summed E-state index contributed by atoms with van der Waals surface area (Å²) in [6.45, 7) is 6.52. The molecule has 2 atom stereocenters. The van der Waals surface area contributed by atoms with E-state index in [0.29, 0.717) is 6.42 Å². The van der Waals surface area contributed by atoms with Crippen molar-refractivity contribution in [2.24, 2.45) is 0 Å². The minimum atomic E-state index is -0.828. The van der Waals surface area contributed by atoms with Crippen molar-refractivity contribution in [3.8, 4) is 0 Å². The van der Waals surface area contributed by atoms with E-state index in [1.807, 2.05) is 18.7 Å². The highest BCUT2D eigenvalue weighted by Crippen LogP contribution is 2.09. The molecule has 1 fully saturated rings. The molecule has 1 heterocycles. The van der Waals surface area contributed by atoms with Crippen LogP contribution in [0.25, 0.3) is 0 Å². The summed E-state index contributed by atoms with van der Waals surface area (Å²) in [5, 5.41) is 11.5. The summed E-state index contributed by atoms with van der Waals surface area (Å²) < 4.78 is 0. The van der Waals surface area contributed by atoms with Gasteiger partial charge in [0.1, 0.15) is 0 Å². The lowest BCUT2D eigenvalue weighted by Gasteiger charge is -2.29. The van der Waals surface area contributed by atoms with E-state index in [4.69, 9.17) is 5.11 Å². The zero-order chi connectivity index (χ0) is 14.4. The molecule has 19 heavy (non-hydrogen) atoms. The number of carboxylic acid groups (broad SMARTS) is 1. The topological polar surface area (TPSA) is 72.9 Å². The molecule has 1 rings (SSSR count). The number of hydrogen-bond donors (Lipinski definition) is 2. The van der Waals surface area contributed by atoms with Crippen molar-refractivity contribution in [2.45, 2.75) is 45.2 Å². The number of aliphatic carboxylic acids is 1. The molecule has 0 bridgehead atoms. The Morgan fingerprint density at radius 1 is 1.42 bits per heavy atom. The van der Waals surface area contributed by atoms with Crippen molar-refractivity contribution in [1.82, 2.24) is 15.1 Å². The molecule has 1 saturated heterocycles. The highest BCUT2D eigenvalue weighted by Gasteiger charge is 2.24. The van der Waals surface area contributed by atoms with Gasteiger partial charge in [0, 0.05) is 31.6 Å². The summed E-state index contributed by atoms with van der Waals surface area (Å²) in [5.74, 6) is -0.828. The van der Waals surface area contributed by atoms with Crippen molar-refractivity contribution < 1.29 is 14.7 Å². The Kier molecular flexibility index (Phi) is 6.08. The summed E-state index contributed by atoms with van der Waals surface area (Å²) >= 11 is 0. The Morgan fingerprint density at radius 2 is 2.11 bits per heavy atom. The van der Waals surface area contributed by atoms with E-state index in [2.05, 4.69) is 17.3 Å². The van der Waals surface area contributed by atoms with Gasteiger partial charge in [0.25, 0.3) is 0 Å². The second-order valence-electron chi connectivity index (χ2n) is 5.44. The monoisotopic (exact) mass is 271 g/mol. The molecule has 1 aliphatic heterocycles. The van der Waals surface area contributed by atoms with E-state index in [0.717, 1.165) is 26.1 Å². The van der Waals surface area contributed by atoms with Gasteiger partial charge in [0.05, 0.1) is 0 Å². The van der Waals surface area contributed by atoms with E-state index in [9.17, 15) is 9.59 Å². The molecular weight excluding hydrogens is 246 g/mol. The maximum absolute atomic E-state index is 12.2. The highest BCUT2D eigenvalue weighted by molar-refractivity contribution is 5.75. The van der Waals surface area contributed by atoms with Crippen LogP contribution in [0.1, 0.15) is 33.1 Å². The third kappa shape index (κ3) is 5.46. The molecule has 0 radical (unpaired) electrons. The lowest BCUT2D eigenvalue weighted by molar-refractivity contribution is -0.137.